The minimum absolute atomic E-state index is 0.877. The van der Waals surface area contributed by atoms with Gasteiger partial charge in [0.15, 0.2) is 0 Å². The zero-order valence-electron chi connectivity index (χ0n) is 11.3. The Hall–Kier alpha value is -1.04. The smallest absolute Gasteiger partial charge is 0.0600 e. The highest BCUT2D eigenvalue weighted by atomic mass is 79.9. The third kappa shape index (κ3) is 3.00. The molecule has 1 aromatic carbocycles. The lowest BCUT2D eigenvalue weighted by Gasteiger charge is -2.36. The third-order valence-electron chi connectivity index (χ3n) is 3.71. The zero-order valence-corrected chi connectivity index (χ0v) is 13.7. The van der Waals surface area contributed by atoms with E-state index in [2.05, 4.69) is 49.3 Å². The summed E-state index contributed by atoms with van der Waals surface area (Å²) in [5.74, 6) is 0. The van der Waals surface area contributed by atoms with Gasteiger partial charge in [-0.25, -0.2) is 0 Å². The van der Waals surface area contributed by atoms with Crippen LogP contribution in [0.5, 0.6) is 0 Å². The van der Waals surface area contributed by atoms with E-state index in [1.54, 1.807) is 0 Å². The lowest BCUT2D eigenvalue weighted by atomic mass is 10.2. The zero-order chi connectivity index (χ0) is 13.9. The molecule has 1 aliphatic rings. The first-order valence-corrected chi connectivity index (χ1v) is 8.45. The number of nitrogens with zero attached hydrogens (tertiary/aromatic N) is 2. The van der Waals surface area contributed by atoms with Crippen LogP contribution in [0.2, 0.25) is 0 Å². The second-order valence-electron chi connectivity index (χ2n) is 5.01. The highest BCUT2D eigenvalue weighted by Gasteiger charge is 2.19. The number of benzene rings is 1. The van der Waals surface area contributed by atoms with Crippen molar-refractivity contribution in [3.63, 3.8) is 0 Å². The van der Waals surface area contributed by atoms with E-state index in [1.165, 1.54) is 15.0 Å². The van der Waals surface area contributed by atoms with Gasteiger partial charge in [0, 0.05) is 42.1 Å². The number of hydrogen-bond acceptors (Lipinski definition) is 4. The molecule has 0 aliphatic carbocycles. The highest BCUT2D eigenvalue weighted by Crippen LogP contribution is 2.26. The molecule has 0 spiro atoms. The molecule has 0 bridgehead atoms. The van der Waals surface area contributed by atoms with Crippen molar-refractivity contribution in [3.8, 4) is 0 Å². The van der Waals surface area contributed by atoms with E-state index in [-0.39, 0.29) is 0 Å². The van der Waals surface area contributed by atoms with E-state index >= 15 is 0 Å². The van der Waals surface area contributed by atoms with Gasteiger partial charge < -0.3 is 10.6 Å². The first-order chi connectivity index (χ1) is 9.74. The van der Waals surface area contributed by atoms with Crippen molar-refractivity contribution in [1.29, 1.82) is 0 Å². The van der Waals surface area contributed by atoms with E-state index in [1.807, 2.05) is 23.5 Å². The van der Waals surface area contributed by atoms with Crippen molar-refractivity contribution < 1.29 is 0 Å². The van der Waals surface area contributed by atoms with Crippen molar-refractivity contribution in [2.75, 3.05) is 36.8 Å². The maximum atomic E-state index is 6.06. The van der Waals surface area contributed by atoms with Gasteiger partial charge in [0.2, 0.25) is 0 Å². The number of rotatable bonds is 3. The van der Waals surface area contributed by atoms with Crippen LogP contribution in [0, 0.1) is 0 Å². The van der Waals surface area contributed by atoms with Crippen molar-refractivity contribution in [2.45, 2.75) is 6.54 Å². The fourth-order valence-electron chi connectivity index (χ4n) is 2.56. The standard InChI is InChI=1S/C15H18BrN3S/c16-12-5-10-20-15(12)11-18-6-8-19(9-7-18)14-4-2-1-3-13(14)17/h1-5,10H,6-9,11,17H2. The summed E-state index contributed by atoms with van der Waals surface area (Å²) in [5.41, 5.74) is 8.10. The Morgan fingerprint density at radius 1 is 1.10 bits per heavy atom. The van der Waals surface area contributed by atoms with E-state index in [9.17, 15) is 0 Å². The van der Waals surface area contributed by atoms with Crippen LogP contribution in [0.15, 0.2) is 40.2 Å². The summed E-state index contributed by atoms with van der Waals surface area (Å²) in [6.07, 6.45) is 0. The fraction of sp³-hybridized carbons (Fsp3) is 0.333. The molecule has 0 atom stereocenters. The fourth-order valence-corrected chi connectivity index (χ4v) is 4.08. The lowest BCUT2D eigenvalue weighted by molar-refractivity contribution is 0.251. The van der Waals surface area contributed by atoms with Crippen LogP contribution in [-0.4, -0.2) is 31.1 Å². The highest BCUT2D eigenvalue weighted by molar-refractivity contribution is 9.10. The maximum Gasteiger partial charge on any atom is 0.0600 e. The summed E-state index contributed by atoms with van der Waals surface area (Å²) in [6, 6.07) is 10.3. The molecule has 1 aliphatic heterocycles. The van der Waals surface area contributed by atoms with Crippen LogP contribution >= 0.6 is 27.3 Å². The average Bonchev–Trinajstić information content (AvgIpc) is 2.86. The van der Waals surface area contributed by atoms with Crippen molar-refractivity contribution in [1.82, 2.24) is 4.90 Å². The number of para-hydroxylation sites is 2. The second-order valence-corrected chi connectivity index (χ2v) is 6.87. The number of hydrogen-bond donors (Lipinski definition) is 1. The van der Waals surface area contributed by atoms with Gasteiger partial charge in [-0.1, -0.05) is 12.1 Å². The second kappa shape index (κ2) is 6.16. The van der Waals surface area contributed by atoms with E-state index < -0.39 is 0 Å². The molecule has 2 N–H and O–H groups in total. The number of nitrogens with two attached hydrogens (primary N) is 1. The summed E-state index contributed by atoms with van der Waals surface area (Å²) in [5, 5.41) is 2.14. The molecule has 1 aromatic heterocycles. The number of anilines is 2. The van der Waals surface area contributed by atoms with Crippen molar-refractivity contribution >= 4 is 38.6 Å². The summed E-state index contributed by atoms with van der Waals surface area (Å²) in [7, 11) is 0. The normalized spacial score (nSPS) is 16.6. The van der Waals surface area contributed by atoms with Crippen molar-refractivity contribution in [2.24, 2.45) is 0 Å². The molecule has 0 saturated carbocycles. The molecule has 0 amide bonds. The molecular formula is C15H18BrN3S. The first kappa shape index (κ1) is 13.9. The first-order valence-electron chi connectivity index (χ1n) is 6.78. The van der Waals surface area contributed by atoms with Gasteiger partial charge in [-0.15, -0.1) is 11.3 Å². The molecule has 2 heterocycles. The Morgan fingerprint density at radius 3 is 2.50 bits per heavy atom. The molecule has 20 heavy (non-hydrogen) atoms. The van der Waals surface area contributed by atoms with Gasteiger partial charge >= 0.3 is 0 Å². The van der Waals surface area contributed by atoms with Gasteiger partial charge in [0.25, 0.3) is 0 Å². The van der Waals surface area contributed by atoms with Crippen LogP contribution in [-0.2, 0) is 6.54 Å². The number of piperazine rings is 1. The Kier molecular flexibility index (Phi) is 4.29. The van der Waals surface area contributed by atoms with Gasteiger partial charge in [-0.05, 0) is 39.5 Å². The molecular weight excluding hydrogens is 334 g/mol. The summed E-state index contributed by atoms with van der Waals surface area (Å²) < 4.78 is 1.23. The van der Waals surface area contributed by atoms with Crippen LogP contribution in [0.25, 0.3) is 0 Å². The summed E-state index contributed by atoms with van der Waals surface area (Å²) >= 11 is 5.43. The number of nitrogen functional groups attached to an aromatic ring is 1. The van der Waals surface area contributed by atoms with E-state index in [4.69, 9.17) is 5.73 Å². The van der Waals surface area contributed by atoms with E-state index in [0.717, 1.165) is 38.4 Å². The topological polar surface area (TPSA) is 32.5 Å². The number of thiophene rings is 1. The monoisotopic (exact) mass is 351 g/mol. The SMILES string of the molecule is Nc1ccccc1N1CCN(Cc2sccc2Br)CC1. The molecule has 1 saturated heterocycles. The molecule has 3 nitrogen and oxygen atoms in total. The molecule has 5 heteroatoms. The minimum atomic E-state index is 0.877. The van der Waals surface area contributed by atoms with Gasteiger partial charge in [0.1, 0.15) is 0 Å². The van der Waals surface area contributed by atoms with Gasteiger partial charge in [-0.3, -0.25) is 4.90 Å². The molecule has 1 fully saturated rings. The average molecular weight is 352 g/mol. The van der Waals surface area contributed by atoms with Gasteiger partial charge in [0.05, 0.1) is 11.4 Å². The Balaban J connectivity index is 1.60. The van der Waals surface area contributed by atoms with Crippen LogP contribution < -0.4 is 10.6 Å². The number of halogens is 1. The quantitative estimate of drug-likeness (QED) is 0.860. The molecule has 106 valence electrons. The maximum absolute atomic E-state index is 6.06. The third-order valence-corrected chi connectivity index (χ3v) is 5.62. The Labute approximate surface area is 132 Å². The van der Waals surface area contributed by atoms with Crippen LogP contribution in [0.4, 0.5) is 11.4 Å². The summed E-state index contributed by atoms with van der Waals surface area (Å²) in [6.45, 7) is 5.28. The Bertz CT molecular complexity index is 576. The molecule has 0 radical (unpaired) electrons. The Morgan fingerprint density at radius 2 is 1.85 bits per heavy atom. The predicted octanol–water partition coefficient (Wildman–Crippen LogP) is 3.42. The van der Waals surface area contributed by atoms with Crippen molar-refractivity contribution in [3.05, 3.63) is 45.1 Å². The largest absolute Gasteiger partial charge is 0.397 e. The lowest BCUT2D eigenvalue weighted by Crippen LogP contribution is -2.46. The predicted molar refractivity (Wildman–Crippen MR) is 90.4 cm³/mol. The van der Waals surface area contributed by atoms with E-state index in [0.29, 0.717) is 0 Å². The van der Waals surface area contributed by atoms with Crippen LogP contribution in [0.1, 0.15) is 4.88 Å². The minimum Gasteiger partial charge on any atom is -0.397 e. The van der Waals surface area contributed by atoms with Gasteiger partial charge in [-0.2, -0.15) is 0 Å². The van der Waals surface area contributed by atoms with Crippen LogP contribution in [0.3, 0.4) is 0 Å². The summed E-state index contributed by atoms with van der Waals surface area (Å²) in [4.78, 5) is 6.30. The molecule has 3 rings (SSSR count). The molecule has 2 aromatic rings. The molecule has 0 unspecified atom stereocenters.